The molecule has 0 bridgehead atoms. The van der Waals surface area contributed by atoms with Crippen molar-refractivity contribution in [2.24, 2.45) is 0 Å². The van der Waals surface area contributed by atoms with E-state index in [0.717, 1.165) is 0 Å². The van der Waals surface area contributed by atoms with Gasteiger partial charge in [0.25, 0.3) is 0 Å². The molecule has 1 rings (SSSR count). The van der Waals surface area contributed by atoms with E-state index in [2.05, 4.69) is 4.98 Å². The first-order valence-corrected chi connectivity index (χ1v) is 5.35. The van der Waals surface area contributed by atoms with Crippen molar-refractivity contribution >= 4 is 0 Å². The van der Waals surface area contributed by atoms with Crippen LogP contribution in [-0.4, -0.2) is 12.1 Å². The van der Waals surface area contributed by atoms with Crippen LogP contribution in [0.4, 0.5) is 13.2 Å². The monoisotopic (exact) mass is 247 g/mol. The minimum Gasteiger partial charge on any atom is -0.481 e. The third kappa shape index (κ3) is 2.90. The van der Waals surface area contributed by atoms with Crippen LogP contribution in [0.5, 0.6) is 5.88 Å². The van der Waals surface area contributed by atoms with Gasteiger partial charge in [-0.15, -0.1) is 0 Å². The number of nitrogens with zero attached hydrogens (tertiary/aromatic N) is 1. The van der Waals surface area contributed by atoms with E-state index in [1.165, 1.54) is 19.2 Å². The van der Waals surface area contributed by atoms with Gasteiger partial charge in [-0.3, -0.25) is 0 Å². The van der Waals surface area contributed by atoms with Gasteiger partial charge in [-0.1, -0.05) is 26.8 Å². The first-order chi connectivity index (χ1) is 7.72. The van der Waals surface area contributed by atoms with Gasteiger partial charge in [0.2, 0.25) is 5.88 Å². The number of rotatable bonds is 3. The lowest BCUT2D eigenvalue weighted by molar-refractivity contribution is -0.142. The van der Waals surface area contributed by atoms with Crippen LogP contribution in [0.2, 0.25) is 0 Å². The molecule has 17 heavy (non-hydrogen) atoms. The van der Waals surface area contributed by atoms with Crippen LogP contribution in [-0.2, 0) is 11.6 Å². The van der Waals surface area contributed by atoms with Crippen molar-refractivity contribution in [3.63, 3.8) is 0 Å². The maximum absolute atomic E-state index is 12.9. The highest BCUT2D eigenvalue weighted by atomic mass is 19.4. The third-order valence-electron chi connectivity index (χ3n) is 2.96. The van der Waals surface area contributed by atoms with Gasteiger partial charge in [0.05, 0.1) is 7.11 Å². The van der Waals surface area contributed by atoms with Gasteiger partial charge in [-0.2, -0.15) is 13.2 Å². The lowest BCUT2D eigenvalue weighted by Crippen LogP contribution is -2.23. The minimum atomic E-state index is -4.46. The Kier molecular flexibility index (Phi) is 3.69. The normalized spacial score (nSPS) is 12.6. The summed E-state index contributed by atoms with van der Waals surface area (Å²) in [6.45, 7) is 5.39. The van der Waals surface area contributed by atoms with Crippen LogP contribution in [0.15, 0.2) is 12.1 Å². The van der Waals surface area contributed by atoms with E-state index in [9.17, 15) is 13.2 Å². The summed E-state index contributed by atoms with van der Waals surface area (Å²) in [5.74, 6) is -0.0204. The zero-order chi connectivity index (χ0) is 13.3. The van der Waals surface area contributed by atoms with Gasteiger partial charge < -0.3 is 4.74 Å². The second-order valence-corrected chi connectivity index (χ2v) is 4.48. The van der Waals surface area contributed by atoms with Crippen molar-refractivity contribution in [3.8, 4) is 5.88 Å². The maximum Gasteiger partial charge on any atom is 0.433 e. The van der Waals surface area contributed by atoms with E-state index in [-0.39, 0.29) is 11.4 Å². The van der Waals surface area contributed by atoms with Crippen LogP contribution in [0, 0.1) is 0 Å². The van der Waals surface area contributed by atoms with Crippen molar-refractivity contribution in [2.45, 2.75) is 38.8 Å². The second-order valence-electron chi connectivity index (χ2n) is 4.48. The van der Waals surface area contributed by atoms with Crippen LogP contribution in [0.3, 0.4) is 0 Å². The number of alkyl halides is 3. The summed E-state index contributed by atoms with van der Waals surface area (Å²) < 4.78 is 43.5. The molecule has 0 N–H and O–H groups in total. The summed E-state index contributed by atoms with van der Waals surface area (Å²) in [6.07, 6.45) is -3.86. The Labute approximate surface area is 98.8 Å². The summed E-state index contributed by atoms with van der Waals surface area (Å²) in [5, 5.41) is 0. The fourth-order valence-corrected chi connectivity index (χ4v) is 1.51. The zero-order valence-electron chi connectivity index (χ0n) is 10.4. The number of halogens is 3. The van der Waals surface area contributed by atoms with E-state index < -0.39 is 17.3 Å². The van der Waals surface area contributed by atoms with Crippen LogP contribution in [0.25, 0.3) is 0 Å². The van der Waals surface area contributed by atoms with Crippen LogP contribution in [0.1, 0.15) is 38.4 Å². The highest BCUT2D eigenvalue weighted by Crippen LogP contribution is 2.38. The average Bonchev–Trinajstić information content (AvgIpc) is 2.27. The summed E-state index contributed by atoms with van der Waals surface area (Å²) in [5.41, 5.74) is -1.22. The van der Waals surface area contributed by atoms with Gasteiger partial charge in [0, 0.05) is 6.07 Å². The van der Waals surface area contributed by atoms with Crippen molar-refractivity contribution in [1.82, 2.24) is 4.98 Å². The third-order valence-corrected chi connectivity index (χ3v) is 2.96. The first-order valence-electron chi connectivity index (χ1n) is 5.35. The highest BCUT2D eigenvalue weighted by Gasteiger charge is 2.39. The van der Waals surface area contributed by atoms with E-state index in [1.54, 1.807) is 13.8 Å². The lowest BCUT2D eigenvalue weighted by Gasteiger charge is -2.26. The highest BCUT2D eigenvalue weighted by molar-refractivity contribution is 5.33. The predicted molar refractivity (Wildman–Crippen MR) is 59.1 cm³/mol. The molecular formula is C12H16F3NO. The summed E-state index contributed by atoms with van der Waals surface area (Å²) in [4.78, 5) is 3.53. The molecule has 1 heterocycles. The Morgan fingerprint density at radius 3 is 2.24 bits per heavy atom. The van der Waals surface area contributed by atoms with Crippen LogP contribution < -0.4 is 4.74 Å². The molecule has 1 aromatic rings. The molecule has 0 radical (unpaired) electrons. The molecule has 0 fully saturated rings. The van der Waals surface area contributed by atoms with E-state index in [4.69, 9.17) is 4.74 Å². The Morgan fingerprint density at radius 1 is 1.24 bits per heavy atom. The molecule has 0 aromatic carbocycles. The molecule has 0 spiro atoms. The second kappa shape index (κ2) is 4.55. The molecule has 1 aromatic heterocycles. The number of hydrogen-bond donors (Lipinski definition) is 0. The predicted octanol–water partition coefficient (Wildman–Crippen LogP) is 3.80. The molecular weight excluding hydrogens is 231 g/mol. The van der Waals surface area contributed by atoms with E-state index in [1.807, 2.05) is 6.92 Å². The molecule has 0 aliphatic heterocycles. The van der Waals surface area contributed by atoms with Crippen molar-refractivity contribution in [3.05, 3.63) is 23.4 Å². The molecule has 0 saturated carbocycles. The van der Waals surface area contributed by atoms with Crippen molar-refractivity contribution in [1.29, 1.82) is 0 Å². The molecule has 96 valence electrons. The van der Waals surface area contributed by atoms with E-state index in [0.29, 0.717) is 6.42 Å². The molecule has 0 aliphatic carbocycles. The average molecular weight is 247 g/mol. The Balaban J connectivity index is 3.41. The number of ether oxygens (including phenoxy) is 1. The number of methoxy groups -OCH3 is 1. The fraction of sp³-hybridized carbons (Fsp3) is 0.583. The summed E-state index contributed by atoms with van der Waals surface area (Å²) in [6, 6.07) is 2.90. The Bertz CT molecular complexity index is 399. The standard InChI is InChI=1S/C12H16F3NO/c1-5-11(2,3)8-6-7-9(17-4)16-10(8)12(13,14)15/h6-7H,5H2,1-4H3. The molecule has 0 aliphatic rings. The molecule has 0 saturated heterocycles. The molecule has 0 amide bonds. The fourth-order valence-electron chi connectivity index (χ4n) is 1.51. The van der Waals surface area contributed by atoms with Crippen molar-refractivity contribution < 1.29 is 17.9 Å². The Morgan fingerprint density at radius 2 is 1.82 bits per heavy atom. The summed E-state index contributed by atoms with van der Waals surface area (Å²) in [7, 11) is 1.30. The maximum atomic E-state index is 12.9. The number of pyridine rings is 1. The Hall–Kier alpha value is -1.26. The topological polar surface area (TPSA) is 22.1 Å². The number of hydrogen-bond acceptors (Lipinski definition) is 2. The van der Waals surface area contributed by atoms with E-state index >= 15 is 0 Å². The van der Waals surface area contributed by atoms with Gasteiger partial charge in [0.1, 0.15) is 0 Å². The summed E-state index contributed by atoms with van der Waals surface area (Å²) >= 11 is 0. The number of aromatic nitrogens is 1. The first kappa shape index (κ1) is 13.8. The SMILES string of the molecule is CCC(C)(C)c1ccc(OC)nc1C(F)(F)F. The quantitative estimate of drug-likeness (QED) is 0.810. The van der Waals surface area contributed by atoms with Crippen molar-refractivity contribution in [2.75, 3.05) is 7.11 Å². The van der Waals surface area contributed by atoms with Gasteiger partial charge in [0.15, 0.2) is 5.69 Å². The van der Waals surface area contributed by atoms with Gasteiger partial charge in [-0.25, -0.2) is 4.98 Å². The minimum absolute atomic E-state index is 0.0204. The van der Waals surface area contributed by atoms with Gasteiger partial charge in [-0.05, 0) is 17.4 Å². The lowest BCUT2D eigenvalue weighted by atomic mass is 9.81. The van der Waals surface area contributed by atoms with Gasteiger partial charge >= 0.3 is 6.18 Å². The molecule has 2 nitrogen and oxygen atoms in total. The largest absolute Gasteiger partial charge is 0.481 e. The molecule has 5 heteroatoms. The van der Waals surface area contributed by atoms with Crippen LogP contribution >= 0.6 is 0 Å². The molecule has 0 atom stereocenters. The smallest absolute Gasteiger partial charge is 0.433 e. The molecule has 0 unspecified atom stereocenters. The zero-order valence-corrected chi connectivity index (χ0v) is 10.4.